The Labute approximate surface area is 164 Å². The summed E-state index contributed by atoms with van der Waals surface area (Å²) in [5.41, 5.74) is 3.92. The number of nitrogens with one attached hydrogen (secondary N) is 1. The normalized spacial score (nSPS) is 12.0. The average Bonchev–Trinajstić information content (AvgIpc) is 3.14. The number of nitrogens with zero attached hydrogens (tertiary/aromatic N) is 4. The van der Waals surface area contributed by atoms with Gasteiger partial charge < -0.3 is 9.84 Å². The van der Waals surface area contributed by atoms with E-state index in [1.54, 1.807) is 0 Å². The molecule has 2 heterocycles. The van der Waals surface area contributed by atoms with Crippen LogP contribution in [0, 0.1) is 13.8 Å². The van der Waals surface area contributed by atoms with Crippen molar-refractivity contribution in [3.05, 3.63) is 52.1 Å². The Bertz CT molecular complexity index is 857. The van der Waals surface area contributed by atoms with Crippen molar-refractivity contribution in [3.8, 4) is 11.5 Å². The Morgan fingerprint density at radius 2 is 1.92 bits per heavy atom. The predicted octanol–water partition coefficient (Wildman–Crippen LogP) is 3.82. The summed E-state index contributed by atoms with van der Waals surface area (Å²) in [7, 11) is 1.92. The molecule has 0 radical (unpaired) electrons. The second-order valence-electron chi connectivity index (χ2n) is 6.24. The van der Waals surface area contributed by atoms with Crippen LogP contribution in [-0.2, 0) is 13.0 Å². The quantitative estimate of drug-likeness (QED) is 0.686. The number of aromatic nitrogens is 4. The molecule has 1 atom stereocenters. The van der Waals surface area contributed by atoms with Gasteiger partial charge in [-0.1, -0.05) is 28.9 Å². The molecule has 0 bridgehead atoms. The predicted molar refractivity (Wildman–Crippen MR) is 105 cm³/mol. The first kappa shape index (κ1) is 20.4. The molecule has 1 unspecified atom stereocenters. The standard InChI is InChI=1S/C18H22ClN5O.ClH/c1-11(20-4)9-16-21-18(25-23-16)17-12(2)22-24(13(17)3)10-14-5-7-15(19)8-6-14;/h5-8,11,20H,9-10H2,1-4H3;1H. The van der Waals surface area contributed by atoms with E-state index >= 15 is 0 Å². The molecule has 1 aromatic carbocycles. The lowest BCUT2D eigenvalue weighted by atomic mass is 10.2. The number of likely N-dealkylation sites (N-methyl/N-ethyl adjacent to an activating group) is 1. The van der Waals surface area contributed by atoms with Crippen molar-refractivity contribution in [1.29, 1.82) is 0 Å². The van der Waals surface area contributed by atoms with Gasteiger partial charge in [-0.25, -0.2) is 0 Å². The summed E-state index contributed by atoms with van der Waals surface area (Å²) in [6.45, 7) is 6.73. The van der Waals surface area contributed by atoms with Crippen molar-refractivity contribution in [2.45, 2.75) is 39.8 Å². The lowest BCUT2D eigenvalue weighted by molar-refractivity contribution is 0.417. The smallest absolute Gasteiger partial charge is 0.261 e. The molecule has 2 aromatic heterocycles. The number of benzene rings is 1. The summed E-state index contributed by atoms with van der Waals surface area (Å²) < 4.78 is 7.43. The molecule has 140 valence electrons. The van der Waals surface area contributed by atoms with Gasteiger partial charge in [0.05, 0.1) is 17.8 Å². The van der Waals surface area contributed by atoms with Crippen LogP contribution in [0.15, 0.2) is 28.8 Å². The second-order valence-corrected chi connectivity index (χ2v) is 6.68. The molecule has 0 spiro atoms. The van der Waals surface area contributed by atoms with Crippen molar-refractivity contribution >= 4 is 24.0 Å². The molecular weight excluding hydrogens is 373 g/mol. The molecule has 3 rings (SSSR count). The van der Waals surface area contributed by atoms with Crippen molar-refractivity contribution in [2.24, 2.45) is 0 Å². The van der Waals surface area contributed by atoms with Gasteiger partial charge in [0.25, 0.3) is 5.89 Å². The first-order valence-electron chi connectivity index (χ1n) is 8.26. The van der Waals surface area contributed by atoms with Gasteiger partial charge in [-0.3, -0.25) is 4.68 Å². The zero-order valence-electron chi connectivity index (χ0n) is 15.3. The van der Waals surface area contributed by atoms with Crippen molar-refractivity contribution in [2.75, 3.05) is 7.05 Å². The fourth-order valence-electron chi connectivity index (χ4n) is 2.74. The van der Waals surface area contributed by atoms with Gasteiger partial charge in [-0.2, -0.15) is 10.1 Å². The van der Waals surface area contributed by atoms with Crippen LogP contribution in [0.25, 0.3) is 11.5 Å². The van der Waals surface area contributed by atoms with Gasteiger partial charge in [-0.05, 0) is 45.5 Å². The van der Waals surface area contributed by atoms with Crippen LogP contribution in [0.1, 0.15) is 29.7 Å². The SMILES string of the molecule is CNC(C)Cc1noc(-c2c(C)nn(Cc3ccc(Cl)cc3)c2C)n1.Cl. The molecule has 8 heteroatoms. The number of aryl methyl sites for hydroxylation is 1. The zero-order chi connectivity index (χ0) is 18.0. The van der Waals surface area contributed by atoms with E-state index in [1.165, 1.54) is 0 Å². The van der Waals surface area contributed by atoms with Crippen LogP contribution in [0.3, 0.4) is 0 Å². The van der Waals surface area contributed by atoms with E-state index in [2.05, 4.69) is 27.5 Å². The third kappa shape index (κ3) is 4.44. The van der Waals surface area contributed by atoms with Gasteiger partial charge in [0.1, 0.15) is 0 Å². The highest BCUT2D eigenvalue weighted by Gasteiger charge is 2.20. The fraction of sp³-hybridized carbons (Fsp3) is 0.389. The van der Waals surface area contributed by atoms with Crippen LogP contribution in [0.2, 0.25) is 5.02 Å². The Balaban J connectivity index is 0.00000243. The van der Waals surface area contributed by atoms with E-state index in [1.807, 2.05) is 49.8 Å². The summed E-state index contributed by atoms with van der Waals surface area (Å²) in [5.74, 6) is 1.22. The minimum atomic E-state index is 0. The minimum Gasteiger partial charge on any atom is -0.334 e. The third-order valence-electron chi connectivity index (χ3n) is 4.29. The molecule has 0 saturated heterocycles. The van der Waals surface area contributed by atoms with Crippen LogP contribution in [0.5, 0.6) is 0 Å². The van der Waals surface area contributed by atoms with Crippen LogP contribution in [0.4, 0.5) is 0 Å². The lowest BCUT2D eigenvalue weighted by Crippen LogP contribution is -2.24. The first-order chi connectivity index (χ1) is 12.0. The first-order valence-corrected chi connectivity index (χ1v) is 8.64. The Morgan fingerprint density at radius 1 is 1.23 bits per heavy atom. The van der Waals surface area contributed by atoms with Crippen LogP contribution < -0.4 is 5.32 Å². The van der Waals surface area contributed by atoms with Gasteiger partial charge >= 0.3 is 0 Å². The number of rotatable bonds is 6. The molecule has 0 fully saturated rings. The highest BCUT2D eigenvalue weighted by atomic mass is 35.5. The number of hydrogen-bond acceptors (Lipinski definition) is 5. The van der Waals surface area contributed by atoms with Gasteiger partial charge in [0.15, 0.2) is 5.82 Å². The summed E-state index contributed by atoms with van der Waals surface area (Å²) in [4.78, 5) is 4.53. The molecule has 1 N–H and O–H groups in total. The lowest BCUT2D eigenvalue weighted by Gasteiger charge is -2.05. The highest BCUT2D eigenvalue weighted by molar-refractivity contribution is 6.30. The summed E-state index contributed by atoms with van der Waals surface area (Å²) >= 11 is 5.95. The van der Waals surface area contributed by atoms with Gasteiger partial charge in [0, 0.05) is 23.2 Å². The topological polar surface area (TPSA) is 68.8 Å². The maximum Gasteiger partial charge on any atom is 0.261 e. The maximum absolute atomic E-state index is 5.95. The average molecular weight is 396 g/mol. The summed E-state index contributed by atoms with van der Waals surface area (Å²) in [6, 6.07) is 8.07. The van der Waals surface area contributed by atoms with E-state index < -0.39 is 0 Å². The summed E-state index contributed by atoms with van der Waals surface area (Å²) in [5, 5.41) is 12.6. The molecule has 26 heavy (non-hydrogen) atoms. The van der Waals surface area contributed by atoms with Crippen molar-refractivity contribution < 1.29 is 4.52 Å². The molecule has 0 aliphatic heterocycles. The molecule has 0 aliphatic carbocycles. The van der Waals surface area contributed by atoms with Crippen LogP contribution >= 0.6 is 24.0 Å². The van der Waals surface area contributed by atoms with E-state index in [-0.39, 0.29) is 12.4 Å². The largest absolute Gasteiger partial charge is 0.334 e. The fourth-order valence-corrected chi connectivity index (χ4v) is 2.86. The Kier molecular flexibility index (Phi) is 6.81. The van der Waals surface area contributed by atoms with Crippen LogP contribution in [-0.4, -0.2) is 33.0 Å². The van der Waals surface area contributed by atoms with Crippen molar-refractivity contribution in [3.63, 3.8) is 0 Å². The van der Waals surface area contributed by atoms with E-state index in [0.717, 1.165) is 34.0 Å². The van der Waals surface area contributed by atoms with Crippen molar-refractivity contribution in [1.82, 2.24) is 25.2 Å². The number of halogens is 2. The molecule has 3 aromatic rings. The molecule has 0 aliphatic rings. The Morgan fingerprint density at radius 3 is 2.58 bits per heavy atom. The van der Waals surface area contributed by atoms with Gasteiger partial charge in [-0.15, -0.1) is 12.4 Å². The summed E-state index contributed by atoms with van der Waals surface area (Å²) in [6.07, 6.45) is 0.719. The third-order valence-corrected chi connectivity index (χ3v) is 4.54. The zero-order valence-corrected chi connectivity index (χ0v) is 16.9. The molecule has 0 amide bonds. The second kappa shape index (κ2) is 8.66. The minimum absolute atomic E-state index is 0. The van der Waals surface area contributed by atoms with E-state index in [0.29, 0.717) is 24.3 Å². The molecular formula is C18H23Cl2N5O. The highest BCUT2D eigenvalue weighted by Crippen LogP contribution is 2.26. The monoisotopic (exact) mass is 395 g/mol. The molecule has 6 nitrogen and oxygen atoms in total. The van der Waals surface area contributed by atoms with E-state index in [9.17, 15) is 0 Å². The maximum atomic E-state index is 5.95. The van der Waals surface area contributed by atoms with Gasteiger partial charge in [0.2, 0.25) is 0 Å². The molecule has 0 saturated carbocycles. The number of hydrogen-bond donors (Lipinski definition) is 1. The Hall–Kier alpha value is -1.89. The van der Waals surface area contributed by atoms with E-state index in [4.69, 9.17) is 16.1 Å².